The quantitative estimate of drug-likeness (QED) is 0.668. The number of carboxylic acids is 1. The molecule has 0 spiro atoms. The fourth-order valence-electron chi connectivity index (χ4n) is 3.83. The van der Waals surface area contributed by atoms with Crippen LogP contribution in [-0.2, 0) is 4.79 Å². The van der Waals surface area contributed by atoms with E-state index in [-0.39, 0.29) is 11.8 Å². The molecule has 4 heteroatoms. The Labute approximate surface area is 95.8 Å². The van der Waals surface area contributed by atoms with Crippen molar-refractivity contribution in [2.45, 2.75) is 44.6 Å². The SMILES string of the molecule is CCC1(O)C[C@@H]2C[C@](CN)(CC(=O)O)[C@@H]2C1. The fourth-order valence-corrected chi connectivity index (χ4v) is 3.83. The van der Waals surface area contributed by atoms with Crippen molar-refractivity contribution in [1.29, 1.82) is 0 Å². The summed E-state index contributed by atoms with van der Waals surface area (Å²) in [5.41, 5.74) is 4.95. The first-order valence-corrected chi connectivity index (χ1v) is 6.09. The molecule has 2 fully saturated rings. The van der Waals surface area contributed by atoms with Crippen molar-refractivity contribution < 1.29 is 15.0 Å². The van der Waals surface area contributed by atoms with Gasteiger partial charge in [-0.05, 0) is 49.5 Å². The van der Waals surface area contributed by atoms with Crippen molar-refractivity contribution in [1.82, 2.24) is 0 Å². The summed E-state index contributed by atoms with van der Waals surface area (Å²) in [6.07, 6.45) is 3.36. The van der Waals surface area contributed by atoms with Crippen molar-refractivity contribution in [3.63, 3.8) is 0 Å². The molecule has 1 unspecified atom stereocenters. The number of aliphatic carboxylic acids is 1. The predicted molar refractivity (Wildman–Crippen MR) is 59.8 cm³/mol. The molecule has 2 aliphatic rings. The number of nitrogens with two attached hydrogens (primary N) is 1. The molecule has 0 aliphatic heterocycles. The van der Waals surface area contributed by atoms with Crippen LogP contribution in [0.1, 0.15) is 39.0 Å². The van der Waals surface area contributed by atoms with E-state index in [1.54, 1.807) is 0 Å². The molecule has 0 amide bonds. The van der Waals surface area contributed by atoms with Crippen LogP contribution >= 0.6 is 0 Å². The van der Waals surface area contributed by atoms with Crippen LogP contribution in [-0.4, -0.2) is 28.3 Å². The lowest BCUT2D eigenvalue weighted by atomic mass is 9.53. The number of hydrogen-bond donors (Lipinski definition) is 3. The number of aliphatic hydroxyl groups is 1. The van der Waals surface area contributed by atoms with E-state index in [0.29, 0.717) is 18.4 Å². The zero-order valence-electron chi connectivity index (χ0n) is 9.78. The molecule has 4 N–H and O–H groups in total. The molecule has 92 valence electrons. The summed E-state index contributed by atoms with van der Waals surface area (Å²) >= 11 is 0. The monoisotopic (exact) mass is 227 g/mol. The van der Waals surface area contributed by atoms with Gasteiger partial charge in [-0.3, -0.25) is 4.79 Å². The standard InChI is InChI=1S/C12H21NO3/c1-2-12(16)4-8-3-11(7-13,6-10(14)15)9(8)5-12/h8-9,16H,2-7,13H2,1H3,(H,14,15)/t8-,9+,11+,12?/m0/s1. The van der Waals surface area contributed by atoms with Crippen molar-refractivity contribution in [2.24, 2.45) is 23.0 Å². The van der Waals surface area contributed by atoms with E-state index in [2.05, 4.69) is 0 Å². The Morgan fingerprint density at radius 3 is 2.62 bits per heavy atom. The van der Waals surface area contributed by atoms with Gasteiger partial charge in [0, 0.05) is 0 Å². The third kappa shape index (κ3) is 1.64. The van der Waals surface area contributed by atoms with Gasteiger partial charge >= 0.3 is 5.97 Å². The van der Waals surface area contributed by atoms with Crippen LogP contribution in [0.15, 0.2) is 0 Å². The topological polar surface area (TPSA) is 83.5 Å². The van der Waals surface area contributed by atoms with Gasteiger partial charge in [0.1, 0.15) is 0 Å². The predicted octanol–water partition coefficient (Wildman–Crippen LogP) is 0.977. The van der Waals surface area contributed by atoms with E-state index < -0.39 is 11.6 Å². The minimum Gasteiger partial charge on any atom is -0.481 e. The minimum atomic E-state index is -0.768. The van der Waals surface area contributed by atoms with Crippen molar-refractivity contribution in [3.05, 3.63) is 0 Å². The molecule has 2 aliphatic carbocycles. The van der Waals surface area contributed by atoms with Crippen LogP contribution in [0.4, 0.5) is 0 Å². The van der Waals surface area contributed by atoms with Gasteiger partial charge in [0.05, 0.1) is 12.0 Å². The van der Waals surface area contributed by atoms with Gasteiger partial charge in [0.15, 0.2) is 0 Å². The van der Waals surface area contributed by atoms with Crippen LogP contribution < -0.4 is 5.73 Å². The lowest BCUT2D eigenvalue weighted by molar-refractivity contribution is -0.145. The van der Waals surface area contributed by atoms with Gasteiger partial charge in [0.2, 0.25) is 0 Å². The lowest BCUT2D eigenvalue weighted by Gasteiger charge is -2.51. The van der Waals surface area contributed by atoms with Crippen LogP contribution in [0.3, 0.4) is 0 Å². The second-order valence-corrected chi connectivity index (χ2v) is 5.69. The van der Waals surface area contributed by atoms with Crippen molar-refractivity contribution in [2.75, 3.05) is 6.54 Å². The normalized spacial score (nSPS) is 46.2. The number of hydrogen-bond acceptors (Lipinski definition) is 3. The molecule has 16 heavy (non-hydrogen) atoms. The maximum atomic E-state index is 10.9. The zero-order chi connectivity index (χ0) is 12.0. The van der Waals surface area contributed by atoms with E-state index >= 15 is 0 Å². The minimum absolute atomic E-state index is 0.157. The molecule has 2 rings (SSSR count). The molecule has 0 aromatic rings. The van der Waals surface area contributed by atoms with Gasteiger partial charge in [0.25, 0.3) is 0 Å². The summed E-state index contributed by atoms with van der Waals surface area (Å²) in [6, 6.07) is 0. The van der Waals surface area contributed by atoms with Gasteiger partial charge in [-0.15, -0.1) is 0 Å². The van der Waals surface area contributed by atoms with Crippen LogP contribution in [0.2, 0.25) is 0 Å². The first-order valence-electron chi connectivity index (χ1n) is 6.09. The highest BCUT2D eigenvalue weighted by atomic mass is 16.4. The molecule has 0 bridgehead atoms. The Morgan fingerprint density at radius 2 is 2.12 bits per heavy atom. The van der Waals surface area contributed by atoms with Crippen LogP contribution in [0, 0.1) is 17.3 Å². The highest BCUT2D eigenvalue weighted by Gasteiger charge is 2.60. The lowest BCUT2D eigenvalue weighted by Crippen LogP contribution is -2.51. The average Bonchev–Trinajstić information content (AvgIpc) is 2.50. The average molecular weight is 227 g/mol. The van der Waals surface area contributed by atoms with Crippen molar-refractivity contribution >= 4 is 5.97 Å². The van der Waals surface area contributed by atoms with E-state index in [4.69, 9.17) is 10.8 Å². The van der Waals surface area contributed by atoms with Gasteiger partial charge < -0.3 is 15.9 Å². The summed E-state index contributed by atoms with van der Waals surface area (Å²) < 4.78 is 0. The molecule has 4 atom stereocenters. The Hall–Kier alpha value is -0.610. The van der Waals surface area contributed by atoms with E-state index in [0.717, 1.165) is 25.7 Å². The van der Waals surface area contributed by atoms with Gasteiger partial charge in [-0.25, -0.2) is 0 Å². The Morgan fingerprint density at radius 1 is 1.44 bits per heavy atom. The first-order chi connectivity index (χ1) is 7.45. The van der Waals surface area contributed by atoms with Gasteiger partial charge in [-0.1, -0.05) is 6.92 Å². The second-order valence-electron chi connectivity index (χ2n) is 5.69. The Bertz CT molecular complexity index is 307. The van der Waals surface area contributed by atoms with E-state index in [9.17, 15) is 9.90 Å². The molecular formula is C12H21NO3. The third-order valence-electron chi connectivity index (χ3n) is 4.83. The number of carbonyl (C=O) groups is 1. The second kappa shape index (κ2) is 3.70. The van der Waals surface area contributed by atoms with Gasteiger partial charge in [-0.2, -0.15) is 0 Å². The number of carboxylic acid groups (broad SMARTS) is 1. The van der Waals surface area contributed by atoms with E-state index in [1.807, 2.05) is 6.92 Å². The molecule has 0 heterocycles. The molecule has 4 nitrogen and oxygen atoms in total. The molecular weight excluding hydrogens is 206 g/mol. The molecule has 0 aromatic heterocycles. The highest BCUT2D eigenvalue weighted by molar-refractivity contribution is 5.68. The summed E-state index contributed by atoms with van der Waals surface area (Å²) in [6.45, 7) is 2.42. The number of fused-ring (bicyclic) bond motifs is 1. The third-order valence-corrected chi connectivity index (χ3v) is 4.83. The highest BCUT2D eigenvalue weighted by Crippen LogP contribution is 2.63. The van der Waals surface area contributed by atoms with Crippen LogP contribution in [0.5, 0.6) is 0 Å². The summed E-state index contributed by atoms with van der Waals surface area (Å²) in [5.74, 6) is 0.0437. The summed E-state index contributed by atoms with van der Waals surface area (Å²) in [7, 11) is 0. The largest absolute Gasteiger partial charge is 0.481 e. The van der Waals surface area contributed by atoms with Crippen molar-refractivity contribution in [3.8, 4) is 0 Å². The smallest absolute Gasteiger partial charge is 0.303 e. The van der Waals surface area contributed by atoms with E-state index in [1.165, 1.54) is 0 Å². The molecule has 0 radical (unpaired) electrons. The Kier molecular flexibility index (Phi) is 2.75. The summed E-state index contributed by atoms with van der Waals surface area (Å²) in [5, 5.41) is 19.2. The Balaban J connectivity index is 2.09. The fraction of sp³-hybridized carbons (Fsp3) is 0.917. The summed E-state index contributed by atoms with van der Waals surface area (Å²) in [4.78, 5) is 10.9. The zero-order valence-corrected chi connectivity index (χ0v) is 9.78. The first kappa shape index (κ1) is 11.9. The van der Waals surface area contributed by atoms with Crippen LogP contribution in [0.25, 0.3) is 0 Å². The maximum absolute atomic E-state index is 10.9. The molecule has 2 saturated carbocycles. The molecule has 0 aromatic carbocycles. The molecule has 0 saturated heterocycles. The maximum Gasteiger partial charge on any atom is 0.303 e. The number of rotatable bonds is 4.